The van der Waals surface area contributed by atoms with E-state index in [4.69, 9.17) is 11.6 Å². The molecule has 0 saturated heterocycles. The smallest absolute Gasteiger partial charge is 0.123 e. The molecule has 0 aliphatic carbocycles. The Balaban J connectivity index is 2.21. The highest BCUT2D eigenvalue weighted by Crippen LogP contribution is 2.25. The van der Waals surface area contributed by atoms with Gasteiger partial charge >= 0.3 is 0 Å². The van der Waals surface area contributed by atoms with Crippen molar-refractivity contribution in [2.45, 2.75) is 26.0 Å². The van der Waals surface area contributed by atoms with Crippen molar-refractivity contribution in [3.05, 3.63) is 52.6 Å². The fourth-order valence-electron chi connectivity index (χ4n) is 1.94. The molecule has 1 aromatic carbocycles. The van der Waals surface area contributed by atoms with Gasteiger partial charge in [-0.3, -0.25) is 4.68 Å². The van der Waals surface area contributed by atoms with E-state index in [9.17, 15) is 9.50 Å². The maximum Gasteiger partial charge on any atom is 0.123 e. The van der Waals surface area contributed by atoms with Crippen LogP contribution in [0.25, 0.3) is 0 Å². The number of aromatic nitrogens is 2. The van der Waals surface area contributed by atoms with Gasteiger partial charge in [-0.05, 0) is 24.6 Å². The maximum absolute atomic E-state index is 13.1. The summed E-state index contributed by atoms with van der Waals surface area (Å²) < 4.78 is 14.7. The number of halogens is 2. The molecular formula is C13H14ClFN2O. The average Bonchev–Trinajstić information content (AvgIpc) is 2.70. The van der Waals surface area contributed by atoms with Crippen molar-refractivity contribution < 1.29 is 9.50 Å². The number of rotatable bonds is 4. The molecule has 0 amide bonds. The summed E-state index contributed by atoms with van der Waals surface area (Å²) >= 11 is 6.00. The minimum absolute atomic E-state index is 0.309. The number of aryl methyl sites for hydroxylation is 1. The molecule has 1 atom stereocenters. The van der Waals surface area contributed by atoms with E-state index in [0.29, 0.717) is 23.7 Å². The van der Waals surface area contributed by atoms with E-state index in [1.165, 1.54) is 18.3 Å². The second-order valence-electron chi connectivity index (χ2n) is 4.04. The first-order chi connectivity index (χ1) is 8.61. The third-order valence-corrected chi connectivity index (χ3v) is 3.06. The Hall–Kier alpha value is -1.39. The first-order valence-electron chi connectivity index (χ1n) is 5.75. The van der Waals surface area contributed by atoms with Crippen molar-refractivity contribution in [3.63, 3.8) is 0 Å². The quantitative estimate of drug-likeness (QED) is 0.926. The van der Waals surface area contributed by atoms with Crippen LogP contribution in [0.15, 0.2) is 30.5 Å². The second kappa shape index (κ2) is 5.50. The number of aliphatic hydroxyl groups is 1. The van der Waals surface area contributed by atoms with E-state index < -0.39 is 6.10 Å². The summed E-state index contributed by atoms with van der Waals surface area (Å²) in [6, 6.07) is 6.17. The minimum atomic E-state index is -0.790. The number of hydrogen-bond acceptors (Lipinski definition) is 2. The maximum atomic E-state index is 13.1. The molecule has 2 aromatic rings. The largest absolute Gasteiger partial charge is 0.386 e. The van der Waals surface area contributed by atoms with Crippen LogP contribution in [0.5, 0.6) is 0 Å². The van der Waals surface area contributed by atoms with Crippen molar-refractivity contribution in [3.8, 4) is 0 Å². The van der Waals surface area contributed by atoms with Gasteiger partial charge in [-0.1, -0.05) is 23.7 Å². The van der Waals surface area contributed by atoms with Crippen LogP contribution in [0, 0.1) is 5.82 Å². The zero-order valence-electron chi connectivity index (χ0n) is 9.98. The van der Waals surface area contributed by atoms with Gasteiger partial charge < -0.3 is 5.11 Å². The lowest BCUT2D eigenvalue weighted by Crippen LogP contribution is -2.10. The van der Waals surface area contributed by atoms with E-state index in [-0.39, 0.29) is 5.82 Å². The van der Waals surface area contributed by atoms with Crippen LogP contribution in [0.1, 0.15) is 24.3 Å². The standard InChI is InChI=1S/C13H14ClFN2O/c1-2-17-13(11(14)8-16-17)12(18)7-9-4-3-5-10(15)6-9/h3-6,8,12,18H,2,7H2,1H3. The summed E-state index contributed by atoms with van der Waals surface area (Å²) in [4.78, 5) is 0. The molecule has 18 heavy (non-hydrogen) atoms. The number of hydrogen-bond donors (Lipinski definition) is 1. The highest BCUT2D eigenvalue weighted by Gasteiger charge is 2.18. The van der Waals surface area contributed by atoms with Gasteiger partial charge in [-0.15, -0.1) is 0 Å². The van der Waals surface area contributed by atoms with Gasteiger partial charge in [0.15, 0.2) is 0 Å². The summed E-state index contributed by atoms with van der Waals surface area (Å²) in [5, 5.41) is 14.7. The molecule has 0 aliphatic rings. The minimum Gasteiger partial charge on any atom is -0.386 e. The van der Waals surface area contributed by atoms with Crippen molar-refractivity contribution >= 4 is 11.6 Å². The van der Waals surface area contributed by atoms with Crippen LogP contribution >= 0.6 is 11.6 Å². The van der Waals surface area contributed by atoms with E-state index in [1.54, 1.807) is 16.8 Å². The van der Waals surface area contributed by atoms with Crippen molar-refractivity contribution in [1.29, 1.82) is 0 Å². The van der Waals surface area contributed by atoms with Gasteiger partial charge in [-0.25, -0.2) is 4.39 Å². The van der Waals surface area contributed by atoms with Crippen LogP contribution in [0.2, 0.25) is 5.02 Å². The molecule has 1 heterocycles. The lowest BCUT2D eigenvalue weighted by Gasteiger charge is -2.13. The van der Waals surface area contributed by atoms with Crippen LogP contribution in [0.4, 0.5) is 4.39 Å². The summed E-state index contributed by atoms with van der Waals surface area (Å²) in [6.07, 6.45) is 1.03. The van der Waals surface area contributed by atoms with Crippen LogP contribution < -0.4 is 0 Å². The molecule has 1 aromatic heterocycles. The van der Waals surface area contributed by atoms with Gasteiger partial charge in [-0.2, -0.15) is 5.10 Å². The van der Waals surface area contributed by atoms with Crippen LogP contribution in [0.3, 0.4) is 0 Å². The zero-order chi connectivity index (χ0) is 13.1. The molecule has 0 spiro atoms. The Bertz CT molecular complexity index is 542. The molecular weight excluding hydrogens is 255 g/mol. The molecule has 0 saturated carbocycles. The third kappa shape index (κ3) is 2.71. The van der Waals surface area contributed by atoms with Crippen LogP contribution in [-0.4, -0.2) is 14.9 Å². The number of benzene rings is 1. The van der Waals surface area contributed by atoms with Crippen LogP contribution in [-0.2, 0) is 13.0 Å². The highest BCUT2D eigenvalue weighted by molar-refractivity contribution is 6.31. The lowest BCUT2D eigenvalue weighted by molar-refractivity contribution is 0.167. The molecule has 2 rings (SSSR count). The Kier molecular flexibility index (Phi) is 3.99. The molecule has 1 unspecified atom stereocenters. The Morgan fingerprint density at radius 3 is 2.94 bits per heavy atom. The van der Waals surface area contributed by atoms with E-state index in [1.807, 2.05) is 6.92 Å². The fraction of sp³-hybridized carbons (Fsp3) is 0.308. The normalized spacial score (nSPS) is 12.7. The van der Waals surface area contributed by atoms with Crippen molar-refractivity contribution in [2.75, 3.05) is 0 Å². The predicted octanol–water partition coefficient (Wildman–Crippen LogP) is 2.97. The van der Waals surface area contributed by atoms with E-state index >= 15 is 0 Å². The fourth-order valence-corrected chi connectivity index (χ4v) is 2.21. The SMILES string of the molecule is CCn1ncc(Cl)c1C(O)Cc1cccc(F)c1. The third-order valence-electron chi connectivity index (χ3n) is 2.77. The van der Waals surface area contributed by atoms with Crippen molar-refractivity contribution in [2.24, 2.45) is 0 Å². The molecule has 0 radical (unpaired) electrons. The van der Waals surface area contributed by atoms with E-state index in [0.717, 1.165) is 5.56 Å². The zero-order valence-corrected chi connectivity index (χ0v) is 10.7. The first-order valence-corrected chi connectivity index (χ1v) is 6.13. The monoisotopic (exact) mass is 268 g/mol. The molecule has 3 nitrogen and oxygen atoms in total. The van der Waals surface area contributed by atoms with Gasteiger partial charge in [0, 0.05) is 13.0 Å². The Morgan fingerprint density at radius 2 is 2.28 bits per heavy atom. The van der Waals surface area contributed by atoms with Crippen molar-refractivity contribution in [1.82, 2.24) is 9.78 Å². The molecule has 5 heteroatoms. The van der Waals surface area contributed by atoms with Gasteiger partial charge in [0.05, 0.1) is 16.9 Å². The first kappa shape index (κ1) is 13.1. The Labute approximate surface area is 110 Å². The summed E-state index contributed by atoms with van der Waals surface area (Å²) in [5.41, 5.74) is 1.30. The molecule has 1 N–H and O–H groups in total. The van der Waals surface area contributed by atoms with Gasteiger partial charge in [0.25, 0.3) is 0 Å². The molecule has 0 aliphatic heterocycles. The second-order valence-corrected chi connectivity index (χ2v) is 4.45. The van der Waals surface area contributed by atoms with E-state index in [2.05, 4.69) is 5.10 Å². The summed E-state index contributed by atoms with van der Waals surface area (Å²) in [6.45, 7) is 2.55. The van der Waals surface area contributed by atoms with Gasteiger partial charge in [0.1, 0.15) is 11.9 Å². The number of aliphatic hydroxyl groups excluding tert-OH is 1. The Morgan fingerprint density at radius 1 is 1.50 bits per heavy atom. The molecule has 96 valence electrons. The lowest BCUT2D eigenvalue weighted by atomic mass is 10.1. The highest BCUT2D eigenvalue weighted by atomic mass is 35.5. The molecule has 0 fully saturated rings. The summed E-state index contributed by atoms with van der Waals surface area (Å²) in [7, 11) is 0. The summed E-state index contributed by atoms with van der Waals surface area (Å²) in [5.74, 6) is -0.310. The number of nitrogens with zero attached hydrogens (tertiary/aromatic N) is 2. The average molecular weight is 269 g/mol. The topological polar surface area (TPSA) is 38.0 Å². The van der Waals surface area contributed by atoms with Gasteiger partial charge in [0.2, 0.25) is 0 Å². The predicted molar refractivity (Wildman–Crippen MR) is 68.0 cm³/mol. The molecule has 0 bridgehead atoms.